The zero-order chi connectivity index (χ0) is 19.5. The van der Waals surface area contributed by atoms with Crippen molar-refractivity contribution in [3.63, 3.8) is 0 Å². The lowest BCUT2D eigenvalue weighted by atomic mass is 10.2. The molecule has 0 fully saturated rings. The number of aliphatic imine (C=N–C) groups is 1. The van der Waals surface area contributed by atoms with Crippen LogP contribution in [0.25, 0.3) is 0 Å². The molecule has 1 amide bonds. The second-order valence-corrected chi connectivity index (χ2v) is 6.69. The summed E-state index contributed by atoms with van der Waals surface area (Å²) in [5, 5.41) is 8.80. The predicted octanol–water partition coefficient (Wildman–Crippen LogP) is 2.44. The van der Waals surface area contributed by atoms with Crippen LogP contribution in [0.5, 0.6) is 0 Å². The van der Waals surface area contributed by atoms with Gasteiger partial charge in [-0.25, -0.2) is 4.39 Å². The average Bonchev–Trinajstić information content (AvgIpc) is 2.56. The van der Waals surface area contributed by atoms with E-state index in [2.05, 4.69) is 53.5 Å². The van der Waals surface area contributed by atoms with Crippen LogP contribution >= 0.6 is 0 Å². The van der Waals surface area contributed by atoms with Crippen molar-refractivity contribution in [1.82, 2.24) is 15.5 Å². The summed E-state index contributed by atoms with van der Waals surface area (Å²) in [6, 6.07) is 6.83. The van der Waals surface area contributed by atoms with Gasteiger partial charge >= 0.3 is 0 Å². The minimum atomic E-state index is -0.384. The first-order valence-electron chi connectivity index (χ1n) is 9.09. The van der Waals surface area contributed by atoms with E-state index in [0.717, 1.165) is 19.5 Å². The SMILES string of the molecule is CN=C(NCCCN(C(C)C)C(C)C)NCC(=O)Nc1cccc(F)c1. The maximum Gasteiger partial charge on any atom is 0.243 e. The first-order valence-corrected chi connectivity index (χ1v) is 9.09. The number of benzene rings is 1. The highest BCUT2D eigenvalue weighted by atomic mass is 19.1. The van der Waals surface area contributed by atoms with Gasteiger partial charge in [0.15, 0.2) is 5.96 Å². The van der Waals surface area contributed by atoms with Crippen LogP contribution < -0.4 is 16.0 Å². The van der Waals surface area contributed by atoms with Crippen LogP contribution in [0.1, 0.15) is 34.1 Å². The molecular formula is C19H32FN5O. The van der Waals surface area contributed by atoms with E-state index in [-0.39, 0.29) is 18.3 Å². The lowest BCUT2D eigenvalue weighted by Gasteiger charge is -2.30. The van der Waals surface area contributed by atoms with Crippen molar-refractivity contribution in [3.05, 3.63) is 30.1 Å². The number of guanidine groups is 1. The summed E-state index contributed by atoms with van der Waals surface area (Å²) < 4.78 is 13.1. The summed E-state index contributed by atoms with van der Waals surface area (Å²) in [5.74, 6) is -0.0746. The second kappa shape index (κ2) is 11.5. The predicted molar refractivity (Wildman–Crippen MR) is 106 cm³/mol. The number of amides is 1. The van der Waals surface area contributed by atoms with E-state index in [0.29, 0.717) is 23.7 Å². The Hall–Kier alpha value is -2.15. The van der Waals surface area contributed by atoms with Crippen molar-refractivity contribution in [2.24, 2.45) is 4.99 Å². The monoisotopic (exact) mass is 365 g/mol. The van der Waals surface area contributed by atoms with Gasteiger partial charge in [-0.3, -0.25) is 14.7 Å². The third-order valence-corrected chi connectivity index (χ3v) is 3.96. The molecule has 1 rings (SSSR count). The summed E-state index contributed by atoms with van der Waals surface area (Å²) in [6.07, 6.45) is 0.979. The van der Waals surface area contributed by atoms with Crippen LogP contribution in [-0.2, 0) is 4.79 Å². The number of nitrogens with zero attached hydrogens (tertiary/aromatic N) is 2. The number of anilines is 1. The molecule has 0 aliphatic rings. The van der Waals surface area contributed by atoms with Crippen molar-refractivity contribution < 1.29 is 9.18 Å². The molecule has 0 radical (unpaired) electrons. The highest BCUT2D eigenvalue weighted by molar-refractivity contribution is 5.94. The number of hydrogen-bond acceptors (Lipinski definition) is 3. The molecule has 146 valence electrons. The molecule has 0 aromatic heterocycles. The number of rotatable bonds is 9. The number of halogens is 1. The van der Waals surface area contributed by atoms with Crippen molar-refractivity contribution in [1.29, 1.82) is 0 Å². The standard InChI is InChI=1S/C19H32FN5O/c1-14(2)25(15(3)4)11-7-10-22-19(21-5)23-13-18(26)24-17-9-6-8-16(20)12-17/h6,8-9,12,14-15H,7,10-11,13H2,1-5H3,(H,24,26)(H2,21,22,23). The Kier molecular flexibility index (Phi) is 9.65. The Morgan fingerprint density at radius 2 is 1.88 bits per heavy atom. The zero-order valence-corrected chi connectivity index (χ0v) is 16.5. The highest BCUT2D eigenvalue weighted by Gasteiger charge is 2.12. The lowest BCUT2D eigenvalue weighted by Crippen LogP contribution is -2.43. The first-order chi connectivity index (χ1) is 12.3. The highest BCUT2D eigenvalue weighted by Crippen LogP contribution is 2.08. The molecule has 0 spiro atoms. The smallest absolute Gasteiger partial charge is 0.243 e. The van der Waals surface area contributed by atoms with E-state index in [1.807, 2.05) is 0 Å². The summed E-state index contributed by atoms with van der Waals surface area (Å²) >= 11 is 0. The van der Waals surface area contributed by atoms with Crippen molar-refractivity contribution in [2.75, 3.05) is 32.0 Å². The molecule has 0 bridgehead atoms. The fraction of sp³-hybridized carbons (Fsp3) is 0.579. The summed E-state index contributed by atoms with van der Waals surface area (Å²) in [6.45, 7) is 10.6. The molecule has 0 unspecified atom stereocenters. The Labute approximate surface area is 156 Å². The Balaban J connectivity index is 2.31. The fourth-order valence-corrected chi connectivity index (χ4v) is 2.74. The van der Waals surface area contributed by atoms with Crippen molar-refractivity contribution in [3.8, 4) is 0 Å². The van der Waals surface area contributed by atoms with Crippen LogP contribution in [0.2, 0.25) is 0 Å². The van der Waals surface area contributed by atoms with Gasteiger partial charge in [-0.05, 0) is 52.3 Å². The number of hydrogen-bond donors (Lipinski definition) is 3. The molecule has 0 aliphatic heterocycles. The van der Waals surface area contributed by atoms with Crippen LogP contribution in [0.3, 0.4) is 0 Å². The van der Waals surface area contributed by atoms with Gasteiger partial charge in [0.2, 0.25) is 5.91 Å². The van der Waals surface area contributed by atoms with Crippen LogP contribution in [0.4, 0.5) is 10.1 Å². The van der Waals surface area contributed by atoms with E-state index in [4.69, 9.17) is 0 Å². The van der Waals surface area contributed by atoms with Gasteiger partial charge in [-0.1, -0.05) is 6.07 Å². The summed E-state index contributed by atoms with van der Waals surface area (Å²) in [7, 11) is 1.66. The van der Waals surface area contributed by atoms with Crippen molar-refractivity contribution in [2.45, 2.75) is 46.2 Å². The largest absolute Gasteiger partial charge is 0.356 e. The molecule has 0 atom stereocenters. The number of nitrogens with one attached hydrogen (secondary N) is 3. The van der Waals surface area contributed by atoms with Crippen LogP contribution in [-0.4, -0.2) is 55.5 Å². The molecular weight excluding hydrogens is 333 g/mol. The van der Waals surface area contributed by atoms with Crippen LogP contribution in [0.15, 0.2) is 29.3 Å². The molecule has 0 saturated carbocycles. The number of carbonyl (C=O) groups is 1. The van der Waals surface area contributed by atoms with Gasteiger partial charge in [0.25, 0.3) is 0 Å². The molecule has 7 heteroatoms. The van der Waals surface area contributed by atoms with E-state index in [1.54, 1.807) is 19.2 Å². The molecule has 0 heterocycles. The Morgan fingerprint density at radius 3 is 2.46 bits per heavy atom. The van der Waals surface area contributed by atoms with E-state index in [1.165, 1.54) is 12.1 Å². The molecule has 0 saturated heterocycles. The third-order valence-electron chi connectivity index (χ3n) is 3.96. The van der Waals surface area contributed by atoms with Gasteiger partial charge in [-0.2, -0.15) is 0 Å². The van der Waals surface area contributed by atoms with Gasteiger partial charge in [0.05, 0.1) is 6.54 Å². The van der Waals surface area contributed by atoms with Crippen LogP contribution in [0, 0.1) is 5.82 Å². The number of carbonyl (C=O) groups excluding carboxylic acids is 1. The fourth-order valence-electron chi connectivity index (χ4n) is 2.74. The van der Waals surface area contributed by atoms with Gasteiger partial charge in [-0.15, -0.1) is 0 Å². The Bertz CT molecular complexity index is 581. The molecule has 1 aromatic carbocycles. The minimum Gasteiger partial charge on any atom is -0.356 e. The van der Waals surface area contributed by atoms with Gasteiger partial charge in [0.1, 0.15) is 5.82 Å². The van der Waals surface area contributed by atoms with E-state index in [9.17, 15) is 9.18 Å². The van der Waals surface area contributed by atoms with E-state index < -0.39 is 0 Å². The Morgan fingerprint density at radius 1 is 1.19 bits per heavy atom. The maximum atomic E-state index is 13.1. The maximum absolute atomic E-state index is 13.1. The molecule has 0 aliphatic carbocycles. The van der Waals surface area contributed by atoms with E-state index >= 15 is 0 Å². The summed E-state index contributed by atoms with van der Waals surface area (Å²) in [4.78, 5) is 18.5. The lowest BCUT2D eigenvalue weighted by molar-refractivity contribution is -0.115. The molecule has 1 aromatic rings. The van der Waals surface area contributed by atoms with Crippen molar-refractivity contribution >= 4 is 17.6 Å². The third kappa shape index (κ3) is 8.29. The molecule has 26 heavy (non-hydrogen) atoms. The first kappa shape index (κ1) is 21.9. The quantitative estimate of drug-likeness (QED) is 0.357. The molecule has 6 nitrogen and oxygen atoms in total. The normalized spacial score (nSPS) is 12.0. The minimum absolute atomic E-state index is 0.0559. The second-order valence-electron chi connectivity index (χ2n) is 6.69. The molecule has 3 N–H and O–H groups in total. The zero-order valence-electron chi connectivity index (χ0n) is 16.5. The topological polar surface area (TPSA) is 68.8 Å². The van der Waals surface area contributed by atoms with Gasteiger partial charge in [0, 0.05) is 37.9 Å². The van der Waals surface area contributed by atoms with Gasteiger partial charge < -0.3 is 16.0 Å². The summed E-state index contributed by atoms with van der Waals surface area (Å²) in [5.41, 5.74) is 0.433. The average molecular weight is 365 g/mol.